The summed E-state index contributed by atoms with van der Waals surface area (Å²) < 4.78 is 32.1. The van der Waals surface area contributed by atoms with Crippen LogP contribution >= 0.6 is 11.8 Å². The average molecular weight is 408 g/mol. The maximum Gasteiger partial charge on any atom is 0.387 e. The minimum absolute atomic E-state index is 0.0448. The topological polar surface area (TPSA) is 101 Å². The third kappa shape index (κ3) is 4.52. The molecule has 0 aliphatic heterocycles. The third-order valence-corrected chi connectivity index (χ3v) is 4.48. The first-order chi connectivity index (χ1) is 13.5. The third-order valence-electron chi connectivity index (χ3n) is 3.52. The molecule has 0 fully saturated rings. The number of ether oxygens (including phenoxy) is 1. The van der Waals surface area contributed by atoms with Gasteiger partial charge >= 0.3 is 12.3 Å². The smallest absolute Gasteiger partial charge is 0.387 e. The lowest BCUT2D eigenvalue weighted by molar-refractivity contribution is -0.385. The maximum absolute atomic E-state index is 12.3. The molecule has 28 heavy (non-hydrogen) atoms. The van der Waals surface area contributed by atoms with Crippen molar-refractivity contribution in [3.05, 3.63) is 59.4 Å². The molecule has 3 aromatic rings. The number of hydrogen-bond donors (Lipinski definition) is 0. The zero-order valence-electron chi connectivity index (χ0n) is 14.3. The summed E-state index contributed by atoms with van der Waals surface area (Å²) in [5.41, 5.74) is 0.567. The van der Waals surface area contributed by atoms with Gasteiger partial charge in [0.05, 0.1) is 10.8 Å². The molecule has 0 unspecified atom stereocenters. The Morgan fingerprint density at radius 1 is 1.32 bits per heavy atom. The molecule has 0 saturated heterocycles. The van der Waals surface area contributed by atoms with E-state index in [1.165, 1.54) is 41.0 Å². The molecule has 0 saturated carbocycles. The molecule has 0 atom stereocenters. The Hall–Kier alpha value is -3.28. The highest BCUT2D eigenvalue weighted by Crippen LogP contribution is 2.27. The van der Waals surface area contributed by atoms with Crippen molar-refractivity contribution in [3.8, 4) is 17.1 Å². The van der Waals surface area contributed by atoms with Crippen LogP contribution in [0.2, 0.25) is 0 Å². The number of aromatic nitrogens is 5. The van der Waals surface area contributed by atoms with Gasteiger partial charge in [0, 0.05) is 12.1 Å². The fourth-order valence-corrected chi connectivity index (χ4v) is 3.13. The summed E-state index contributed by atoms with van der Waals surface area (Å²) in [6.07, 6.45) is 4.16. The first kappa shape index (κ1) is 19.5. The summed E-state index contributed by atoms with van der Waals surface area (Å²) in [5.74, 6) is 0.866. The minimum Gasteiger partial charge on any atom is -0.435 e. The number of thioether (sulfide) groups is 1. The molecule has 0 radical (unpaired) electrons. The van der Waals surface area contributed by atoms with E-state index >= 15 is 0 Å². The monoisotopic (exact) mass is 408 g/mol. The number of benzene rings is 1. The Bertz CT molecular complexity index is 973. The first-order valence-electron chi connectivity index (χ1n) is 7.87. The fourth-order valence-electron chi connectivity index (χ4n) is 2.33. The summed E-state index contributed by atoms with van der Waals surface area (Å²) in [6.45, 7) is 1.24. The number of halogens is 2. The zero-order chi connectivity index (χ0) is 20.1. The SMILES string of the molecule is C=CCn1c(SCn2cc([N+](=O)[O-])cn2)nnc1-c1ccc(OC(F)F)cc1. The lowest BCUT2D eigenvalue weighted by atomic mass is 10.2. The van der Waals surface area contributed by atoms with E-state index in [0.29, 0.717) is 29.0 Å². The largest absolute Gasteiger partial charge is 0.435 e. The molecule has 0 aliphatic carbocycles. The molecule has 0 aliphatic rings. The highest BCUT2D eigenvalue weighted by atomic mass is 32.2. The molecule has 0 amide bonds. The zero-order valence-corrected chi connectivity index (χ0v) is 15.1. The molecule has 12 heteroatoms. The summed E-state index contributed by atoms with van der Waals surface area (Å²) in [4.78, 5) is 10.2. The predicted octanol–water partition coefficient (Wildman–Crippen LogP) is 3.59. The van der Waals surface area contributed by atoms with Crippen molar-refractivity contribution in [3.63, 3.8) is 0 Å². The van der Waals surface area contributed by atoms with Gasteiger partial charge in [-0.3, -0.25) is 19.4 Å². The van der Waals surface area contributed by atoms with Gasteiger partial charge in [-0.25, -0.2) is 0 Å². The van der Waals surface area contributed by atoms with Gasteiger partial charge in [0.2, 0.25) is 0 Å². The lowest BCUT2D eigenvalue weighted by Crippen LogP contribution is -2.03. The molecule has 1 aromatic carbocycles. The van der Waals surface area contributed by atoms with Crippen LogP contribution in [0.3, 0.4) is 0 Å². The van der Waals surface area contributed by atoms with Crippen LogP contribution in [0.15, 0.2) is 54.5 Å². The van der Waals surface area contributed by atoms with Gasteiger partial charge < -0.3 is 4.74 Å². The van der Waals surface area contributed by atoms with Crippen LogP contribution in [-0.4, -0.2) is 36.1 Å². The van der Waals surface area contributed by atoms with Gasteiger partial charge in [0.25, 0.3) is 0 Å². The van der Waals surface area contributed by atoms with Gasteiger partial charge in [-0.2, -0.15) is 13.9 Å². The first-order valence-corrected chi connectivity index (χ1v) is 8.85. The van der Waals surface area contributed by atoms with Crippen LogP contribution in [0.25, 0.3) is 11.4 Å². The fraction of sp³-hybridized carbons (Fsp3) is 0.188. The Kier molecular flexibility index (Phi) is 5.99. The van der Waals surface area contributed by atoms with E-state index in [-0.39, 0.29) is 11.4 Å². The number of nitrogens with zero attached hydrogens (tertiary/aromatic N) is 6. The standard InChI is InChI=1S/C16H14F2N6O3S/c1-2-7-23-14(11-3-5-13(6-4-11)27-15(17)18)20-21-16(23)28-10-22-9-12(8-19-22)24(25)26/h2-6,8-9,15H,1,7,10H2. The number of rotatable bonds is 9. The summed E-state index contributed by atoms with van der Waals surface area (Å²) in [5, 5.41) is 23.5. The molecule has 2 heterocycles. The number of allylic oxidation sites excluding steroid dienone is 1. The van der Waals surface area contributed by atoms with E-state index in [4.69, 9.17) is 0 Å². The Balaban J connectivity index is 1.78. The van der Waals surface area contributed by atoms with Gasteiger partial charge in [0.15, 0.2) is 11.0 Å². The van der Waals surface area contributed by atoms with Crippen molar-refractivity contribution in [2.45, 2.75) is 24.2 Å². The number of hydrogen-bond acceptors (Lipinski definition) is 7. The van der Waals surface area contributed by atoms with E-state index in [2.05, 4.69) is 26.6 Å². The summed E-state index contributed by atoms with van der Waals surface area (Å²) >= 11 is 1.29. The normalized spacial score (nSPS) is 11.0. The van der Waals surface area contributed by atoms with Crippen LogP contribution in [0.1, 0.15) is 0 Å². The van der Waals surface area contributed by atoms with Crippen LogP contribution in [0.5, 0.6) is 5.75 Å². The molecular weight excluding hydrogens is 394 g/mol. The number of nitro groups is 1. The molecule has 3 rings (SSSR count). The van der Waals surface area contributed by atoms with E-state index in [0.717, 1.165) is 0 Å². The van der Waals surface area contributed by atoms with Crippen molar-refractivity contribution in [2.24, 2.45) is 0 Å². The van der Waals surface area contributed by atoms with Gasteiger partial charge in [-0.05, 0) is 24.3 Å². The second-order valence-corrected chi connectivity index (χ2v) is 6.29. The van der Waals surface area contributed by atoms with Gasteiger partial charge in [-0.15, -0.1) is 16.8 Å². The van der Waals surface area contributed by atoms with Crippen LogP contribution in [0, 0.1) is 10.1 Å². The molecular formula is C16H14F2N6O3S. The van der Waals surface area contributed by atoms with Crippen LogP contribution in [-0.2, 0) is 12.4 Å². The number of alkyl halides is 2. The second-order valence-electron chi connectivity index (χ2n) is 5.38. The maximum atomic E-state index is 12.3. The summed E-state index contributed by atoms with van der Waals surface area (Å²) in [7, 11) is 0. The van der Waals surface area contributed by atoms with E-state index in [9.17, 15) is 18.9 Å². The Labute approximate surface area is 161 Å². The van der Waals surface area contributed by atoms with Crippen molar-refractivity contribution in [2.75, 3.05) is 0 Å². The Morgan fingerprint density at radius 2 is 2.07 bits per heavy atom. The van der Waals surface area contributed by atoms with E-state index in [1.54, 1.807) is 22.8 Å². The molecule has 146 valence electrons. The van der Waals surface area contributed by atoms with Crippen molar-refractivity contribution >= 4 is 17.4 Å². The minimum atomic E-state index is -2.89. The lowest BCUT2D eigenvalue weighted by Gasteiger charge is -2.09. The van der Waals surface area contributed by atoms with Crippen LogP contribution < -0.4 is 4.74 Å². The molecule has 0 spiro atoms. The average Bonchev–Trinajstić information content (AvgIpc) is 3.28. The van der Waals surface area contributed by atoms with Crippen LogP contribution in [0.4, 0.5) is 14.5 Å². The molecule has 9 nitrogen and oxygen atoms in total. The molecule has 0 bridgehead atoms. The predicted molar refractivity (Wildman–Crippen MR) is 97.0 cm³/mol. The van der Waals surface area contributed by atoms with Gasteiger partial charge in [-0.1, -0.05) is 17.8 Å². The quantitative estimate of drug-likeness (QED) is 0.231. The van der Waals surface area contributed by atoms with Crippen molar-refractivity contribution in [1.82, 2.24) is 24.5 Å². The highest BCUT2D eigenvalue weighted by Gasteiger charge is 2.15. The highest BCUT2D eigenvalue weighted by molar-refractivity contribution is 7.98. The molecule has 2 aromatic heterocycles. The van der Waals surface area contributed by atoms with E-state index in [1.807, 2.05) is 0 Å². The Morgan fingerprint density at radius 3 is 2.68 bits per heavy atom. The van der Waals surface area contributed by atoms with Crippen molar-refractivity contribution in [1.29, 1.82) is 0 Å². The summed E-state index contributed by atoms with van der Waals surface area (Å²) in [6, 6.07) is 6.05. The van der Waals surface area contributed by atoms with Crippen molar-refractivity contribution < 1.29 is 18.4 Å². The van der Waals surface area contributed by atoms with E-state index < -0.39 is 11.5 Å². The second kappa shape index (κ2) is 8.61. The molecule has 0 N–H and O–H groups in total. The van der Waals surface area contributed by atoms with Gasteiger partial charge in [0.1, 0.15) is 18.1 Å².